The zero-order chi connectivity index (χ0) is 14.9. The lowest BCUT2D eigenvalue weighted by atomic mass is 9.68. The zero-order valence-corrected chi connectivity index (χ0v) is 11.3. The van der Waals surface area contributed by atoms with Crippen molar-refractivity contribution in [2.24, 2.45) is 0 Å². The van der Waals surface area contributed by atoms with Crippen LogP contribution in [0.15, 0.2) is 72.8 Å². The lowest BCUT2D eigenvalue weighted by Crippen LogP contribution is -2.39. The highest BCUT2D eigenvalue weighted by atomic mass is 16.3. The van der Waals surface area contributed by atoms with Gasteiger partial charge >= 0.3 is 0 Å². The van der Waals surface area contributed by atoms with Crippen molar-refractivity contribution >= 4 is 0 Å². The molecule has 0 aliphatic heterocycles. The third-order valence-corrected chi connectivity index (χ3v) is 3.92. The highest BCUT2D eigenvalue weighted by Gasteiger charge is 2.39. The minimum absolute atomic E-state index is 0.185. The molecule has 3 N–H and O–H groups in total. The molecule has 1 aliphatic rings. The topological polar surface area (TPSA) is 60.7 Å². The molecule has 0 saturated heterocycles. The predicted octanol–water partition coefficient (Wildman–Crippen LogP) is 2.87. The van der Waals surface area contributed by atoms with Crippen LogP contribution in [0.2, 0.25) is 0 Å². The van der Waals surface area contributed by atoms with Gasteiger partial charge < -0.3 is 15.3 Å². The molecule has 0 saturated carbocycles. The Bertz CT molecular complexity index is 636. The third-order valence-electron chi connectivity index (χ3n) is 3.92. The van der Waals surface area contributed by atoms with Gasteiger partial charge in [-0.25, -0.2) is 0 Å². The van der Waals surface area contributed by atoms with Gasteiger partial charge in [0, 0.05) is 0 Å². The molecule has 106 valence electrons. The summed E-state index contributed by atoms with van der Waals surface area (Å²) < 4.78 is 0. The fourth-order valence-corrected chi connectivity index (χ4v) is 2.80. The van der Waals surface area contributed by atoms with Crippen LogP contribution in [-0.4, -0.2) is 21.4 Å². The van der Waals surface area contributed by atoms with Crippen molar-refractivity contribution in [3.63, 3.8) is 0 Å². The molecule has 0 amide bonds. The first kappa shape index (κ1) is 13.5. The van der Waals surface area contributed by atoms with Crippen LogP contribution in [0.1, 0.15) is 11.1 Å². The Hall–Kier alpha value is -2.52. The molecule has 21 heavy (non-hydrogen) atoms. The molecule has 1 atom stereocenters. The van der Waals surface area contributed by atoms with E-state index in [0.717, 1.165) is 11.1 Å². The molecule has 0 spiro atoms. The maximum atomic E-state index is 10.6. The second-order valence-corrected chi connectivity index (χ2v) is 5.15. The number of allylic oxidation sites excluding steroid dienone is 2. The number of phenolic OH excluding ortho intramolecular Hbond substituents is 2. The molecule has 0 aromatic heterocycles. The molecule has 0 fully saturated rings. The number of hydrogen-bond donors (Lipinski definition) is 3. The van der Waals surface area contributed by atoms with Crippen molar-refractivity contribution in [1.82, 2.24) is 0 Å². The van der Waals surface area contributed by atoms with Gasteiger partial charge in [-0.05, 0) is 35.4 Å². The Labute approximate surface area is 123 Å². The molecule has 0 bridgehead atoms. The second kappa shape index (κ2) is 5.11. The first-order valence-corrected chi connectivity index (χ1v) is 6.76. The number of rotatable bonds is 2. The monoisotopic (exact) mass is 280 g/mol. The lowest BCUT2D eigenvalue weighted by molar-refractivity contribution is 0.169. The van der Waals surface area contributed by atoms with Gasteiger partial charge in [-0.15, -0.1) is 0 Å². The summed E-state index contributed by atoms with van der Waals surface area (Å²) in [5.41, 5.74) is 1.02. The molecule has 2 aromatic rings. The summed E-state index contributed by atoms with van der Waals surface area (Å²) in [6.07, 6.45) is 6.66. The normalized spacial score (nSPS) is 19.6. The van der Waals surface area contributed by atoms with Gasteiger partial charge in [-0.3, -0.25) is 0 Å². The van der Waals surface area contributed by atoms with E-state index in [-0.39, 0.29) is 11.5 Å². The number of hydrogen-bond acceptors (Lipinski definition) is 3. The van der Waals surface area contributed by atoms with E-state index in [2.05, 4.69) is 0 Å². The Balaban J connectivity index is 2.20. The minimum Gasteiger partial charge on any atom is -0.508 e. The van der Waals surface area contributed by atoms with Crippen LogP contribution in [-0.2, 0) is 5.41 Å². The van der Waals surface area contributed by atoms with Gasteiger partial charge in [-0.2, -0.15) is 0 Å². The van der Waals surface area contributed by atoms with Crippen molar-refractivity contribution in [1.29, 1.82) is 0 Å². The third kappa shape index (κ3) is 2.22. The van der Waals surface area contributed by atoms with Crippen LogP contribution >= 0.6 is 0 Å². The lowest BCUT2D eigenvalue weighted by Gasteiger charge is -2.37. The van der Waals surface area contributed by atoms with Crippen LogP contribution in [0.5, 0.6) is 11.5 Å². The van der Waals surface area contributed by atoms with Gasteiger partial charge in [0.05, 0.1) is 11.5 Å². The summed E-state index contributed by atoms with van der Waals surface area (Å²) in [5.74, 6) is 0.369. The average Bonchev–Trinajstić information content (AvgIpc) is 2.50. The predicted molar refractivity (Wildman–Crippen MR) is 81.3 cm³/mol. The second-order valence-electron chi connectivity index (χ2n) is 5.15. The number of aliphatic hydroxyl groups excluding tert-OH is 1. The molecular formula is C18H16O3. The highest BCUT2D eigenvalue weighted by molar-refractivity contribution is 5.51. The van der Waals surface area contributed by atoms with Crippen molar-refractivity contribution in [2.75, 3.05) is 0 Å². The molecule has 3 nitrogen and oxygen atoms in total. The van der Waals surface area contributed by atoms with Crippen LogP contribution in [0.3, 0.4) is 0 Å². The SMILES string of the molecule is Oc1ccc(C2(c3ccc(O)cc3)C=CC=CC2O)cc1. The Kier molecular flexibility index (Phi) is 3.28. The van der Waals surface area contributed by atoms with E-state index in [9.17, 15) is 15.3 Å². The molecule has 0 radical (unpaired) electrons. The van der Waals surface area contributed by atoms with E-state index in [1.54, 1.807) is 54.6 Å². The first-order chi connectivity index (χ1) is 10.1. The van der Waals surface area contributed by atoms with Crippen LogP contribution in [0.4, 0.5) is 0 Å². The quantitative estimate of drug-likeness (QED) is 0.792. The summed E-state index contributed by atoms with van der Waals surface area (Å²) in [6.45, 7) is 0. The number of aromatic hydroxyl groups is 2. The largest absolute Gasteiger partial charge is 0.508 e. The molecule has 0 heterocycles. The molecule has 1 aliphatic carbocycles. The van der Waals surface area contributed by atoms with Crippen molar-refractivity contribution in [3.05, 3.63) is 84.0 Å². The van der Waals surface area contributed by atoms with Crippen LogP contribution in [0.25, 0.3) is 0 Å². The number of aliphatic hydroxyl groups is 1. The van der Waals surface area contributed by atoms with Crippen molar-refractivity contribution in [3.8, 4) is 11.5 Å². The fraction of sp³-hybridized carbons (Fsp3) is 0.111. The molecule has 1 unspecified atom stereocenters. The van der Waals surface area contributed by atoms with Gasteiger partial charge in [-0.1, -0.05) is 48.6 Å². The van der Waals surface area contributed by atoms with E-state index in [0.29, 0.717) is 0 Å². The van der Waals surface area contributed by atoms with Gasteiger partial charge in [0.15, 0.2) is 0 Å². The van der Waals surface area contributed by atoms with E-state index in [1.165, 1.54) is 0 Å². The first-order valence-electron chi connectivity index (χ1n) is 6.76. The average molecular weight is 280 g/mol. The van der Waals surface area contributed by atoms with E-state index in [1.807, 2.05) is 18.2 Å². The molecule has 2 aromatic carbocycles. The Morgan fingerprint density at radius 3 is 1.62 bits per heavy atom. The summed E-state index contributed by atoms with van der Waals surface area (Å²) in [6, 6.07) is 13.6. The number of phenols is 2. The van der Waals surface area contributed by atoms with Gasteiger partial charge in [0.25, 0.3) is 0 Å². The summed E-state index contributed by atoms with van der Waals surface area (Å²) in [5, 5.41) is 29.6. The Morgan fingerprint density at radius 1 is 0.714 bits per heavy atom. The van der Waals surface area contributed by atoms with E-state index in [4.69, 9.17) is 0 Å². The highest BCUT2D eigenvalue weighted by Crippen LogP contribution is 2.40. The maximum absolute atomic E-state index is 10.6. The standard InChI is InChI=1S/C18H16O3/c19-15-8-4-13(5-9-15)18(12-2-1-3-17(18)21)14-6-10-16(20)11-7-14/h1-12,17,19-21H. The van der Waals surface area contributed by atoms with Crippen LogP contribution < -0.4 is 0 Å². The minimum atomic E-state index is -0.726. The Morgan fingerprint density at radius 2 is 1.19 bits per heavy atom. The summed E-state index contributed by atoms with van der Waals surface area (Å²) in [7, 11) is 0. The van der Waals surface area contributed by atoms with Crippen LogP contribution in [0, 0.1) is 0 Å². The van der Waals surface area contributed by atoms with Gasteiger partial charge in [0.2, 0.25) is 0 Å². The summed E-state index contributed by atoms with van der Waals surface area (Å²) >= 11 is 0. The summed E-state index contributed by atoms with van der Waals surface area (Å²) in [4.78, 5) is 0. The van der Waals surface area contributed by atoms with Crippen molar-refractivity contribution in [2.45, 2.75) is 11.5 Å². The smallest absolute Gasteiger partial charge is 0.115 e. The number of benzene rings is 2. The van der Waals surface area contributed by atoms with Gasteiger partial charge in [0.1, 0.15) is 11.5 Å². The zero-order valence-electron chi connectivity index (χ0n) is 11.3. The van der Waals surface area contributed by atoms with Crippen molar-refractivity contribution < 1.29 is 15.3 Å². The molecule has 3 rings (SSSR count). The molecule has 3 heteroatoms. The van der Waals surface area contributed by atoms with E-state index >= 15 is 0 Å². The fourth-order valence-electron chi connectivity index (χ4n) is 2.80. The molecular weight excluding hydrogens is 264 g/mol. The van der Waals surface area contributed by atoms with E-state index < -0.39 is 11.5 Å². The maximum Gasteiger partial charge on any atom is 0.115 e.